The first-order valence-corrected chi connectivity index (χ1v) is 7.87. The van der Waals surface area contributed by atoms with E-state index in [0.717, 1.165) is 16.7 Å². The zero-order valence-electron chi connectivity index (χ0n) is 10.7. The van der Waals surface area contributed by atoms with Gasteiger partial charge in [0.05, 0.1) is 21.1 Å². The first kappa shape index (κ1) is 13.0. The van der Waals surface area contributed by atoms with Gasteiger partial charge in [-0.15, -0.1) is 11.3 Å². The van der Waals surface area contributed by atoms with Crippen LogP contribution < -0.4 is 5.73 Å². The highest BCUT2D eigenvalue weighted by Crippen LogP contribution is 2.32. The Bertz CT molecular complexity index is 987. The summed E-state index contributed by atoms with van der Waals surface area (Å²) in [5, 5.41) is 4.21. The smallest absolute Gasteiger partial charge is 0.205 e. The number of halogens is 2. The summed E-state index contributed by atoms with van der Waals surface area (Å²) in [6.45, 7) is 0. The Morgan fingerprint density at radius 3 is 2.71 bits per heavy atom. The van der Waals surface area contributed by atoms with E-state index >= 15 is 0 Å². The van der Waals surface area contributed by atoms with Crippen LogP contribution in [0, 0.1) is 0 Å². The maximum Gasteiger partial charge on any atom is 0.205 e. The summed E-state index contributed by atoms with van der Waals surface area (Å²) >= 11 is 13.9. The lowest BCUT2D eigenvalue weighted by atomic mass is 10.2. The number of nitrogen functional groups attached to an aromatic ring is 1. The molecule has 2 N–H and O–H groups in total. The molecule has 0 aliphatic rings. The molecular weight excluding hydrogens is 325 g/mol. The molecule has 104 valence electrons. The molecule has 3 nitrogen and oxygen atoms in total. The number of imidazole rings is 1. The molecule has 4 aromatic rings. The fourth-order valence-electron chi connectivity index (χ4n) is 2.46. The average molecular weight is 334 g/mol. The Hall–Kier alpha value is -1.75. The first-order valence-electron chi connectivity index (χ1n) is 6.24. The quantitative estimate of drug-likeness (QED) is 0.524. The van der Waals surface area contributed by atoms with Gasteiger partial charge in [0.1, 0.15) is 0 Å². The summed E-state index contributed by atoms with van der Waals surface area (Å²) in [6, 6.07) is 11.8. The first-order chi connectivity index (χ1) is 10.1. The molecule has 0 saturated carbocycles. The SMILES string of the molecule is Nc1nc2cc(Cl)c(Cl)cc2n1-c1ccc2sccc2c1. The van der Waals surface area contributed by atoms with Crippen LogP contribution in [0.3, 0.4) is 0 Å². The molecule has 2 aromatic carbocycles. The molecule has 0 fully saturated rings. The highest BCUT2D eigenvalue weighted by atomic mass is 35.5. The second-order valence-electron chi connectivity index (χ2n) is 4.70. The fourth-order valence-corrected chi connectivity index (χ4v) is 3.54. The van der Waals surface area contributed by atoms with E-state index in [0.29, 0.717) is 16.0 Å². The van der Waals surface area contributed by atoms with Gasteiger partial charge in [-0.2, -0.15) is 0 Å². The third-order valence-electron chi connectivity index (χ3n) is 3.42. The van der Waals surface area contributed by atoms with Gasteiger partial charge in [0.2, 0.25) is 5.95 Å². The molecular formula is C15H9Cl2N3S. The van der Waals surface area contributed by atoms with Crippen molar-refractivity contribution in [1.82, 2.24) is 9.55 Å². The van der Waals surface area contributed by atoms with Gasteiger partial charge in [0.15, 0.2) is 0 Å². The number of nitrogens with two attached hydrogens (primary N) is 1. The van der Waals surface area contributed by atoms with Crippen molar-refractivity contribution in [3.8, 4) is 5.69 Å². The molecule has 0 bridgehead atoms. The number of aromatic nitrogens is 2. The van der Waals surface area contributed by atoms with Gasteiger partial charge in [-0.25, -0.2) is 4.98 Å². The van der Waals surface area contributed by atoms with Crippen molar-refractivity contribution in [2.45, 2.75) is 0 Å². The second-order valence-corrected chi connectivity index (χ2v) is 6.47. The number of hydrogen-bond acceptors (Lipinski definition) is 3. The third-order valence-corrected chi connectivity index (χ3v) is 5.04. The van der Waals surface area contributed by atoms with Crippen LogP contribution in [0.25, 0.3) is 26.8 Å². The molecule has 21 heavy (non-hydrogen) atoms. The van der Waals surface area contributed by atoms with E-state index in [2.05, 4.69) is 28.6 Å². The van der Waals surface area contributed by atoms with Crippen LogP contribution in [0.15, 0.2) is 41.8 Å². The molecule has 6 heteroatoms. The summed E-state index contributed by atoms with van der Waals surface area (Å²) in [7, 11) is 0. The molecule has 0 atom stereocenters. The minimum Gasteiger partial charge on any atom is -0.369 e. The van der Waals surface area contributed by atoms with Crippen LogP contribution in [-0.2, 0) is 0 Å². The molecule has 0 spiro atoms. The van der Waals surface area contributed by atoms with Crippen molar-refractivity contribution in [2.24, 2.45) is 0 Å². The predicted molar refractivity (Wildman–Crippen MR) is 90.9 cm³/mol. The highest BCUT2D eigenvalue weighted by Gasteiger charge is 2.13. The average Bonchev–Trinajstić information content (AvgIpc) is 3.02. The molecule has 4 rings (SSSR count). The van der Waals surface area contributed by atoms with Crippen LogP contribution in [0.2, 0.25) is 10.0 Å². The number of anilines is 1. The van der Waals surface area contributed by atoms with E-state index in [1.54, 1.807) is 23.5 Å². The Labute approximate surface area is 134 Å². The lowest BCUT2D eigenvalue weighted by molar-refractivity contribution is 1.11. The van der Waals surface area contributed by atoms with Gasteiger partial charge in [0, 0.05) is 10.4 Å². The Morgan fingerprint density at radius 1 is 1.05 bits per heavy atom. The number of hydrogen-bond donors (Lipinski definition) is 1. The summed E-state index contributed by atoms with van der Waals surface area (Å²) in [5.41, 5.74) is 8.60. The minimum absolute atomic E-state index is 0.415. The summed E-state index contributed by atoms with van der Waals surface area (Å²) in [4.78, 5) is 4.36. The number of benzene rings is 2. The van der Waals surface area contributed by atoms with E-state index in [4.69, 9.17) is 28.9 Å². The van der Waals surface area contributed by atoms with Gasteiger partial charge in [-0.3, -0.25) is 4.57 Å². The van der Waals surface area contributed by atoms with Crippen molar-refractivity contribution in [3.05, 3.63) is 51.8 Å². The van der Waals surface area contributed by atoms with E-state index in [-0.39, 0.29) is 0 Å². The summed E-state index contributed by atoms with van der Waals surface area (Å²) < 4.78 is 3.12. The van der Waals surface area contributed by atoms with Crippen LogP contribution in [0.1, 0.15) is 0 Å². The van der Waals surface area contributed by atoms with Crippen LogP contribution >= 0.6 is 34.5 Å². The second kappa shape index (κ2) is 4.63. The fraction of sp³-hybridized carbons (Fsp3) is 0. The molecule has 0 amide bonds. The Kier molecular flexibility index (Phi) is 2.85. The summed E-state index contributed by atoms with van der Waals surface area (Å²) in [5.74, 6) is 0.415. The topological polar surface area (TPSA) is 43.8 Å². The molecule has 2 aromatic heterocycles. The Morgan fingerprint density at radius 2 is 1.86 bits per heavy atom. The number of nitrogens with zero attached hydrogens (tertiary/aromatic N) is 2. The number of fused-ring (bicyclic) bond motifs is 2. The molecule has 0 saturated heterocycles. The largest absolute Gasteiger partial charge is 0.369 e. The highest BCUT2D eigenvalue weighted by molar-refractivity contribution is 7.17. The standard InChI is InChI=1S/C15H9Cl2N3S/c16-10-6-12-13(7-11(10)17)20(15(18)19-12)9-1-2-14-8(5-9)3-4-21-14/h1-7H,(H2,18,19). The Balaban J connectivity index is 2.04. The lowest BCUT2D eigenvalue weighted by Crippen LogP contribution is -2.00. The van der Waals surface area contributed by atoms with Crippen molar-refractivity contribution in [3.63, 3.8) is 0 Å². The van der Waals surface area contributed by atoms with E-state index < -0.39 is 0 Å². The van der Waals surface area contributed by atoms with E-state index in [9.17, 15) is 0 Å². The summed E-state index contributed by atoms with van der Waals surface area (Å²) in [6.07, 6.45) is 0. The monoisotopic (exact) mass is 333 g/mol. The zero-order chi connectivity index (χ0) is 14.6. The predicted octanol–water partition coefficient (Wildman–Crippen LogP) is 5.13. The number of thiophene rings is 1. The van der Waals surface area contributed by atoms with Crippen molar-refractivity contribution in [1.29, 1.82) is 0 Å². The third kappa shape index (κ3) is 1.99. The molecule has 0 radical (unpaired) electrons. The maximum atomic E-state index is 6.12. The van der Waals surface area contributed by atoms with Crippen molar-refractivity contribution >= 4 is 61.6 Å². The number of rotatable bonds is 1. The van der Waals surface area contributed by atoms with Crippen LogP contribution in [0.4, 0.5) is 5.95 Å². The van der Waals surface area contributed by atoms with Crippen molar-refractivity contribution < 1.29 is 0 Å². The normalized spacial score (nSPS) is 11.5. The minimum atomic E-state index is 0.415. The van der Waals surface area contributed by atoms with E-state index in [1.807, 2.05) is 10.6 Å². The lowest BCUT2D eigenvalue weighted by Gasteiger charge is -2.07. The molecule has 0 unspecified atom stereocenters. The van der Waals surface area contributed by atoms with E-state index in [1.165, 1.54) is 10.1 Å². The van der Waals surface area contributed by atoms with Crippen LogP contribution in [-0.4, -0.2) is 9.55 Å². The van der Waals surface area contributed by atoms with Gasteiger partial charge in [-0.05, 0) is 47.2 Å². The maximum absolute atomic E-state index is 6.12. The van der Waals surface area contributed by atoms with Gasteiger partial charge >= 0.3 is 0 Å². The van der Waals surface area contributed by atoms with Gasteiger partial charge in [0.25, 0.3) is 0 Å². The zero-order valence-corrected chi connectivity index (χ0v) is 13.0. The molecule has 0 aliphatic heterocycles. The molecule has 0 aliphatic carbocycles. The van der Waals surface area contributed by atoms with Gasteiger partial charge < -0.3 is 5.73 Å². The van der Waals surface area contributed by atoms with Crippen molar-refractivity contribution in [2.75, 3.05) is 5.73 Å². The van der Waals surface area contributed by atoms with Crippen LogP contribution in [0.5, 0.6) is 0 Å². The molecule has 2 heterocycles. The van der Waals surface area contributed by atoms with Gasteiger partial charge in [-0.1, -0.05) is 23.2 Å².